The van der Waals surface area contributed by atoms with Gasteiger partial charge in [0.1, 0.15) is 0 Å². The predicted octanol–water partition coefficient (Wildman–Crippen LogP) is 3.01. The molecule has 0 aromatic carbocycles. The van der Waals surface area contributed by atoms with Gasteiger partial charge in [-0.1, -0.05) is 32.6 Å². The number of hydrogen-bond acceptors (Lipinski definition) is 2. The van der Waals surface area contributed by atoms with E-state index >= 15 is 0 Å². The number of aliphatic hydroxyl groups is 1. The fraction of sp³-hybridized carbons (Fsp3) is 0.923. The third-order valence-electron chi connectivity index (χ3n) is 4.53. The van der Waals surface area contributed by atoms with Crippen LogP contribution < -0.4 is 0 Å². The topological polar surface area (TPSA) is 44.0 Å². The average molecular weight is 207 g/mol. The van der Waals surface area contributed by atoms with Crippen molar-refractivity contribution in [3.63, 3.8) is 0 Å². The van der Waals surface area contributed by atoms with Crippen molar-refractivity contribution in [2.24, 2.45) is 11.3 Å². The maximum Gasteiger partial charge on any atom is 0.0862 e. The van der Waals surface area contributed by atoms with Crippen molar-refractivity contribution < 1.29 is 5.11 Å². The first-order valence-electron chi connectivity index (χ1n) is 6.26. The summed E-state index contributed by atoms with van der Waals surface area (Å²) in [6.07, 6.45) is 8.00. The van der Waals surface area contributed by atoms with Crippen LogP contribution in [0, 0.1) is 22.7 Å². The van der Waals surface area contributed by atoms with E-state index in [2.05, 4.69) is 13.0 Å². The minimum Gasteiger partial charge on any atom is -0.388 e. The van der Waals surface area contributed by atoms with Crippen LogP contribution in [-0.4, -0.2) is 10.7 Å². The third-order valence-corrected chi connectivity index (χ3v) is 4.53. The summed E-state index contributed by atoms with van der Waals surface area (Å²) in [5.41, 5.74) is -1.10. The van der Waals surface area contributed by atoms with Gasteiger partial charge in [-0.15, -0.1) is 0 Å². The molecule has 15 heavy (non-hydrogen) atoms. The Morgan fingerprint density at radius 2 is 1.87 bits per heavy atom. The van der Waals surface area contributed by atoms with Crippen LogP contribution in [0.15, 0.2) is 0 Å². The number of nitriles is 1. The van der Waals surface area contributed by atoms with E-state index in [0.717, 1.165) is 44.9 Å². The van der Waals surface area contributed by atoms with Gasteiger partial charge in [0.2, 0.25) is 0 Å². The van der Waals surface area contributed by atoms with Crippen LogP contribution in [0.5, 0.6) is 0 Å². The first-order valence-corrected chi connectivity index (χ1v) is 6.26. The molecule has 0 radical (unpaired) electrons. The maximum absolute atomic E-state index is 10.7. The zero-order valence-corrected chi connectivity index (χ0v) is 9.63. The fourth-order valence-corrected chi connectivity index (χ4v) is 3.62. The van der Waals surface area contributed by atoms with Crippen molar-refractivity contribution in [3.8, 4) is 6.07 Å². The Morgan fingerprint density at radius 1 is 1.20 bits per heavy atom. The minimum absolute atomic E-state index is 0.429. The van der Waals surface area contributed by atoms with E-state index in [-0.39, 0.29) is 0 Å². The van der Waals surface area contributed by atoms with Crippen LogP contribution in [0.3, 0.4) is 0 Å². The Morgan fingerprint density at radius 3 is 2.40 bits per heavy atom. The molecule has 0 aliphatic heterocycles. The van der Waals surface area contributed by atoms with Gasteiger partial charge in [0.05, 0.1) is 17.1 Å². The molecule has 0 aromatic rings. The lowest BCUT2D eigenvalue weighted by molar-refractivity contribution is -0.0749. The third kappa shape index (κ3) is 1.67. The summed E-state index contributed by atoms with van der Waals surface area (Å²) in [5.74, 6) is 0.600. The Bertz CT molecular complexity index is 275. The highest BCUT2D eigenvalue weighted by Gasteiger charge is 2.53. The molecule has 2 rings (SSSR count). The smallest absolute Gasteiger partial charge is 0.0862 e. The molecule has 0 aromatic heterocycles. The molecule has 2 atom stereocenters. The van der Waals surface area contributed by atoms with E-state index in [1.165, 1.54) is 6.42 Å². The summed E-state index contributed by atoms with van der Waals surface area (Å²) in [6, 6.07) is 2.48. The Labute approximate surface area is 92.3 Å². The van der Waals surface area contributed by atoms with Gasteiger partial charge in [0.25, 0.3) is 0 Å². The van der Waals surface area contributed by atoms with E-state index < -0.39 is 11.0 Å². The highest BCUT2D eigenvalue weighted by molar-refractivity contribution is 5.14. The molecule has 2 aliphatic rings. The van der Waals surface area contributed by atoms with E-state index in [0.29, 0.717) is 5.92 Å². The van der Waals surface area contributed by atoms with Gasteiger partial charge < -0.3 is 5.11 Å². The van der Waals surface area contributed by atoms with Gasteiger partial charge in [-0.25, -0.2) is 0 Å². The quantitative estimate of drug-likeness (QED) is 0.718. The lowest BCUT2D eigenvalue weighted by Crippen LogP contribution is -2.48. The lowest BCUT2D eigenvalue weighted by Gasteiger charge is -2.44. The van der Waals surface area contributed by atoms with Crippen molar-refractivity contribution in [2.75, 3.05) is 0 Å². The second-order valence-corrected chi connectivity index (χ2v) is 5.63. The van der Waals surface area contributed by atoms with Crippen LogP contribution in [0.1, 0.15) is 58.3 Å². The predicted molar refractivity (Wildman–Crippen MR) is 59.1 cm³/mol. The highest BCUT2D eigenvalue weighted by atomic mass is 16.3. The largest absolute Gasteiger partial charge is 0.388 e. The molecule has 2 heteroatoms. The fourth-order valence-electron chi connectivity index (χ4n) is 3.62. The van der Waals surface area contributed by atoms with Crippen molar-refractivity contribution in [1.29, 1.82) is 5.26 Å². The van der Waals surface area contributed by atoms with Crippen LogP contribution in [0.25, 0.3) is 0 Å². The summed E-state index contributed by atoms with van der Waals surface area (Å²) in [4.78, 5) is 0. The zero-order chi connectivity index (χ0) is 10.9. The van der Waals surface area contributed by atoms with Crippen LogP contribution >= 0.6 is 0 Å². The molecule has 0 heterocycles. The lowest BCUT2D eigenvalue weighted by atomic mass is 9.61. The average Bonchev–Trinajstić information content (AvgIpc) is 2.66. The molecule has 1 N–H and O–H groups in total. The molecule has 2 saturated carbocycles. The number of rotatable bonds is 1. The molecular formula is C13H21NO. The molecule has 84 valence electrons. The van der Waals surface area contributed by atoms with Crippen LogP contribution in [0.2, 0.25) is 0 Å². The second-order valence-electron chi connectivity index (χ2n) is 5.63. The number of nitrogens with zero attached hydrogens (tertiary/aromatic N) is 1. The molecule has 0 bridgehead atoms. The molecular weight excluding hydrogens is 186 g/mol. The van der Waals surface area contributed by atoms with E-state index in [1.807, 2.05) is 0 Å². The normalized spacial score (nSPS) is 39.9. The zero-order valence-electron chi connectivity index (χ0n) is 9.63. The van der Waals surface area contributed by atoms with Crippen molar-refractivity contribution in [2.45, 2.75) is 63.9 Å². The Kier molecular flexibility index (Phi) is 2.77. The van der Waals surface area contributed by atoms with Gasteiger partial charge in [0.15, 0.2) is 0 Å². The first-order chi connectivity index (χ1) is 7.12. The summed E-state index contributed by atoms with van der Waals surface area (Å²) in [6.45, 7) is 2.21. The van der Waals surface area contributed by atoms with Crippen LogP contribution in [0.4, 0.5) is 0 Å². The Hall–Kier alpha value is -0.550. The maximum atomic E-state index is 10.7. The highest BCUT2D eigenvalue weighted by Crippen LogP contribution is 2.52. The molecule has 2 nitrogen and oxygen atoms in total. The van der Waals surface area contributed by atoms with Gasteiger partial charge in [-0.05, 0) is 31.6 Å². The van der Waals surface area contributed by atoms with Gasteiger partial charge in [-0.3, -0.25) is 0 Å². The minimum atomic E-state index is -0.670. The van der Waals surface area contributed by atoms with Crippen molar-refractivity contribution >= 4 is 0 Å². The van der Waals surface area contributed by atoms with Crippen LogP contribution in [-0.2, 0) is 0 Å². The Balaban J connectivity index is 2.24. The molecule has 2 fully saturated rings. The monoisotopic (exact) mass is 207 g/mol. The van der Waals surface area contributed by atoms with Gasteiger partial charge in [0, 0.05) is 0 Å². The summed E-state index contributed by atoms with van der Waals surface area (Å²) in [5, 5.41) is 20.1. The van der Waals surface area contributed by atoms with Gasteiger partial charge in [-0.2, -0.15) is 5.26 Å². The molecule has 2 unspecified atom stereocenters. The summed E-state index contributed by atoms with van der Waals surface area (Å²) in [7, 11) is 0. The molecule has 0 amide bonds. The van der Waals surface area contributed by atoms with E-state index in [1.54, 1.807) is 0 Å². The van der Waals surface area contributed by atoms with Crippen molar-refractivity contribution in [1.82, 2.24) is 0 Å². The molecule has 2 aliphatic carbocycles. The van der Waals surface area contributed by atoms with Gasteiger partial charge >= 0.3 is 0 Å². The first kappa shape index (κ1) is 11.0. The second kappa shape index (κ2) is 3.79. The SMILES string of the molecule is CC1CCCC(C#N)(C2(O)CCCC2)C1. The van der Waals surface area contributed by atoms with E-state index in [4.69, 9.17) is 0 Å². The molecule has 0 saturated heterocycles. The summed E-state index contributed by atoms with van der Waals surface area (Å²) < 4.78 is 0. The standard InChI is InChI=1S/C13H21NO/c1-11-5-4-6-12(9-11,10-14)13(15)7-2-3-8-13/h11,15H,2-9H2,1H3. The number of hydrogen-bond donors (Lipinski definition) is 1. The molecule has 0 spiro atoms. The van der Waals surface area contributed by atoms with E-state index in [9.17, 15) is 10.4 Å². The van der Waals surface area contributed by atoms with Crippen molar-refractivity contribution in [3.05, 3.63) is 0 Å². The summed E-state index contributed by atoms with van der Waals surface area (Å²) >= 11 is 0.